The van der Waals surface area contributed by atoms with Gasteiger partial charge in [0.15, 0.2) is 0 Å². The summed E-state index contributed by atoms with van der Waals surface area (Å²) < 4.78 is 5.30. The van der Waals surface area contributed by atoms with E-state index >= 15 is 0 Å². The number of morpholine rings is 1. The van der Waals surface area contributed by atoms with Gasteiger partial charge in [0.25, 0.3) is 0 Å². The first-order valence-electron chi connectivity index (χ1n) is 4.35. The zero-order valence-electron chi connectivity index (χ0n) is 7.10. The van der Waals surface area contributed by atoms with Gasteiger partial charge in [-0.15, -0.1) is 0 Å². The van der Waals surface area contributed by atoms with E-state index in [0.717, 1.165) is 39.4 Å². The van der Waals surface area contributed by atoms with E-state index in [0.29, 0.717) is 5.54 Å². The van der Waals surface area contributed by atoms with Crippen molar-refractivity contribution in [3.8, 4) is 0 Å². The summed E-state index contributed by atoms with van der Waals surface area (Å²) in [6.45, 7) is 8.66. The van der Waals surface area contributed by atoms with Crippen LogP contribution in [0.15, 0.2) is 0 Å². The molecule has 2 saturated heterocycles. The van der Waals surface area contributed by atoms with Crippen molar-refractivity contribution in [1.29, 1.82) is 0 Å². The Hall–Kier alpha value is -0.120. The summed E-state index contributed by atoms with van der Waals surface area (Å²) in [6, 6.07) is 0. The summed E-state index contributed by atoms with van der Waals surface area (Å²) in [5, 5.41) is 3.32. The number of nitrogens with one attached hydrogen (secondary N) is 1. The Labute approximate surface area is 67.7 Å². The van der Waals surface area contributed by atoms with Crippen LogP contribution in [0.25, 0.3) is 0 Å². The second-order valence-corrected chi connectivity index (χ2v) is 3.70. The molecule has 11 heavy (non-hydrogen) atoms. The first-order valence-corrected chi connectivity index (χ1v) is 4.35. The van der Waals surface area contributed by atoms with Crippen LogP contribution in [0.1, 0.15) is 6.92 Å². The third kappa shape index (κ3) is 1.28. The normalized spacial score (nSPS) is 31.4. The Morgan fingerprint density at radius 2 is 1.91 bits per heavy atom. The molecular weight excluding hydrogens is 140 g/mol. The van der Waals surface area contributed by atoms with E-state index in [2.05, 4.69) is 17.1 Å². The van der Waals surface area contributed by atoms with Gasteiger partial charge < -0.3 is 10.1 Å². The number of nitrogens with zero attached hydrogens (tertiary/aromatic N) is 1. The predicted octanol–water partition coefficient (Wildman–Crippen LogP) is -0.319. The number of ether oxygens (including phenoxy) is 1. The van der Waals surface area contributed by atoms with E-state index in [1.165, 1.54) is 0 Å². The lowest BCUT2D eigenvalue weighted by Crippen LogP contribution is -2.68. The molecule has 2 aliphatic heterocycles. The summed E-state index contributed by atoms with van der Waals surface area (Å²) in [5.41, 5.74) is 0.434. The minimum Gasteiger partial charge on any atom is -0.379 e. The predicted molar refractivity (Wildman–Crippen MR) is 43.7 cm³/mol. The van der Waals surface area contributed by atoms with Crippen LogP contribution < -0.4 is 5.32 Å². The van der Waals surface area contributed by atoms with E-state index < -0.39 is 0 Å². The van der Waals surface area contributed by atoms with Gasteiger partial charge in [-0.3, -0.25) is 4.90 Å². The molecule has 0 aromatic heterocycles. The molecule has 0 radical (unpaired) electrons. The molecule has 3 heteroatoms. The average Bonchev–Trinajstić information content (AvgIpc) is 2.02. The van der Waals surface area contributed by atoms with E-state index in [1.807, 2.05) is 0 Å². The SMILES string of the molecule is CC1(N2CCOCC2)CNC1. The van der Waals surface area contributed by atoms with Crippen molar-refractivity contribution in [3.05, 3.63) is 0 Å². The Morgan fingerprint density at radius 3 is 2.36 bits per heavy atom. The molecule has 3 nitrogen and oxygen atoms in total. The third-order valence-corrected chi connectivity index (χ3v) is 2.79. The van der Waals surface area contributed by atoms with Crippen LogP contribution in [0.2, 0.25) is 0 Å². The van der Waals surface area contributed by atoms with E-state index in [-0.39, 0.29) is 0 Å². The molecule has 0 unspecified atom stereocenters. The lowest BCUT2D eigenvalue weighted by molar-refractivity contribution is -0.0354. The molecule has 0 aromatic rings. The summed E-state index contributed by atoms with van der Waals surface area (Å²) >= 11 is 0. The van der Waals surface area contributed by atoms with Gasteiger partial charge >= 0.3 is 0 Å². The fourth-order valence-corrected chi connectivity index (χ4v) is 1.81. The van der Waals surface area contributed by atoms with E-state index in [9.17, 15) is 0 Å². The maximum atomic E-state index is 5.30. The standard InChI is InChI=1S/C8H16N2O/c1-8(6-9-7-8)10-2-4-11-5-3-10/h9H,2-7H2,1H3. The fourth-order valence-electron chi connectivity index (χ4n) is 1.81. The quantitative estimate of drug-likeness (QED) is 0.563. The summed E-state index contributed by atoms with van der Waals surface area (Å²) in [6.07, 6.45) is 0. The van der Waals surface area contributed by atoms with Gasteiger partial charge in [-0.1, -0.05) is 0 Å². The van der Waals surface area contributed by atoms with Gasteiger partial charge in [0.05, 0.1) is 13.2 Å². The second kappa shape index (κ2) is 2.73. The molecule has 0 spiro atoms. The molecule has 2 heterocycles. The second-order valence-electron chi connectivity index (χ2n) is 3.70. The van der Waals surface area contributed by atoms with Crippen molar-refractivity contribution in [1.82, 2.24) is 10.2 Å². The van der Waals surface area contributed by atoms with Gasteiger partial charge in [-0.25, -0.2) is 0 Å². The summed E-state index contributed by atoms with van der Waals surface area (Å²) in [4.78, 5) is 2.53. The lowest BCUT2D eigenvalue weighted by Gasteiger charge is -2.49. The maximum Gasteiger partial charge on any atom is 0.0594 e. The van der Waals surface area contributed by atoms with Crippen LogP contribution in [-0.4, -0.2) is 49.8 Å². The van der Waals surface area contributed by atoms with Gasteiger partial charge in [0, 0.05) is 31.7 Å². The number of hydrogen-bond acceptors (Lipinski definition) is 3. The zero-order valence-corrected chi connectivity index (χ0v) is 7.10. The highest BCUT2D eigenvalue weighted by molar-refractivity contribution is 4.98. The molecule has 2 rings (SSSR count). The van der Waals surface area contributed by atoms with Crippen molar-refractivity contribution >= 4 is 0 Å². The van der Waals surface area contributed by atoms with Crippen LogP contribution in [0.3, 0.4) is 0 Å². The van der Waals surface area contributed by atoms with Crippen LogP contribution >= 0.6 is 0 Å². The van der Waals surface area contributed by atoms with E-state index in [4.69, 9.17) is 4.74 Å². The van der Waals surface area contributed by atoms with Crippen LogP contribution in [0.4, 0.5) is 0 Å². The molecule has 0 aliphatic carbocycles. The third-order valence-electron chi connectivity index (χ3n) is 2.79. The molecule has 0 saturated carbocycles. The van der Waals surface area contributed by atoms with Crippen LogP contribution in [0, 0.1) is 0 Å². The molecule has 2 fully saturated rings. The molecule has 0 amide bonds. The molecule has 64 valence electrons. The Morgan fingerprint density at radius 1 is 1.27 bits per heavy atom. The highest BCUT2D eigenvalue weighted by atomic mass is 16.5. The average molecular weight is 156 g/mol. The van der Waals surface area contributed by atoms with Crippen molar-refractivity contribution in [2.75, 3.05) is 39.4 Å². The van der Waals surface area contributed by atoms with Crippen molar-refractivity contribution in [2.45, 2.75) is 12.5 Å². The molecule has 2 aliphatic rings. The molecule has 0 bridgehead atoms. The minimum atomic E-state index is 0.434. The zero-order chi connectivity index (χ0) is 7.73. The van der Waals surface area contributed by atoms with Crippen LogP contribution in [-0.2, 0) is 4.74 Å². The maximum absolute atomic E-state index is 5.30. The number of rotatable bonds is 1. The summed E-state index contributed by atoms with van der Waals surface area (Å²) in [5.74, 6) is 0. The van der Waals surface area contributed by atoms with E-state index in [1.54, 1.807) is 0 Å². The molecule has 0 aromatic carbocycles. The monoisotopic (exact) mass is 156 g/mol. The highest BCUT2D eigenvalue weighted by Crippen LogP contribution is 2.20. The molecule has 1 N–H and O–H groups in total. The topological polar surface area (TPSA) is 24.5 Å². The molecule has 0 atom stereocenters. The first-order chi connectivity index (χ1) is 5.31. The Bertz CT molecular complexity index is 139. The lowest BCUT2D eigenvalue weighted by atomic mass is 9.92. The first kappa shape index (κ1) is 7.53. The van der Waals surface area contributed by atoms with Gasteiger partial charge in [-0.2, -0.15) is 0 Å². The van der Waals surface area contributed by atoms with Crippen molar-refractivity contribution in [2.24, 2.45) is 0 Å². The fraction of sp³-hybridized carbons (Fsp3) is 1.00. The Kier molecular flexibility index (Phi) is 1.87. The number of hydrogen-bond donors (Lipinski definition) is 1. The van der Waals surface area contributed by atoms with Crippen molar-refractivity contribution in [3.63, 3.8) is 0 Å². The summed E-state index contributed by atoms with van der Waals surface area (Å²) in [7, 11) is 0. The highest BCUT2D eigenvalue weighted by Gasteiger charge is 2.38. The Balaban J connectivity index is 1.91. The largest absolute Gasteiger partial charge is 0.379 e. The van der Waals surface area contributed by atoms with Gasteiger partial charge in [0.1, 0.15) is 0 Å². The molecular formula is C8H16N2O. The minimum absolute atomic E-state index is 0.434. The van der Waals surface area contributed by atoms with Crippen LogP contribution in [0.5, 0.6) is 0 Å². The van der Waals surface area contributed by atoms with Gasteiger partial charge in [-0.05, 0) is 6.92 Å². The van der Waals surface area contributed by atoms with Crippen molar-refractivity contribution < 1.29 is 4.74 Å². The van der Waals surface area contributed by atoms with Gasteiger partial charge in [0.2, 0.25) is 0 Å². The smallest absolute Gasteiger partial charge is 0.0594 e.